The van der Waals surface area contributed by atoms with Crippen LogP contribution in [0.5, 0.6) is 0 Å². The smallest absolute Gasteiger partial charge is 0.258 e. The number of para-hydroxylation sites is 2. The molecule has 4 aromatic carbocycles. The number of carbonyl (C=O) groups excluding carboxylic acids is 2. The van der Waals surface area contributed by atoms with E-state index in [1.165, 1.54) is 31.2 Å². The van der Waals surface area contributed by atoms with Crippen molar-refractivity contribution in [1.82, 2.24) is 0 Å². The lowest BCUT2D eigenvalue weighted by Crippen LogP contribution is -2.47. The number of anilines is 2. The van der Waals surface area contributed by atoms with Crippen molar-refractivity contribution in [3.8, 4) is 0 Å². The first-order valence-electron chi connectivity index (χ1n) is 14.9. The van der Waals surface area contributed by atoms with Crippen LogP contribution in [0.4, 0.5) is 11.4 Å². The molecule has 2 atom stereocenters. The number of amides is 2. The zero-order chi connectivity index (χ0) is 28.8. The van der Waals surface area contributed by atoms with Gasteiger partial charge in [0.1, 0.15) is 0 Å². The fourth-order valence-corrected chi connectivity index (χ4v) is 5.91. The van der Waals surface area contributed by atoms with Crippen LogP contribution in [-0.4, -0.2) is 17.9 Å². The van der Waals surface area contributed by atoms with E-state index in [0.29, 0.717) is 17.5 Å². The molecule has 0 fully saturated rings. The van der Waals surface area contributed by atoms with E-state index in [1.807, 2.05) is 102 Å². The molecule has 4 nitrogen and oxygen atoms in total. The molecule has 41 heavy (non-hydrogen) atoms. The van der Waals surface area contributed by atoms with Gasteiger partial charge in [-0.05, 0) is 86.7 Å². The van der Waals surface area contributed by atoms with Gasteiger partial charge in [0.15, 0.2) is 0 Å². The molecule has 0 N–H and O–H groups in total. The van der Waals surface area contributed by atoms with Gasteiger partial charge >= 0.3 is 0 Å². The number of rotatable bonds is 9. The van der Waals surface area contributed by atoms with Gasteiger partial charge in [0, 0.05) is 28.5 Å². The molecular formula is C37H40N2O2. The summed E-state index contributed by atoms with van der Waals surface area (Å²) in [5.41, 5.74) is 6.43. The standard InChI is InChI=1S/C37H40N2O2/c1-4-5-6-8-13-29-20-24-31(25-21-29)37(41)39(32-14-9-7-10-15-32)35-26-28(3)38(34-17-12-11-16-33(34)35)36(40)30-22-18-27(2)19-23-30/h7,9-12,14-25,28,35H,4-6,8,13,26H2,1-3H3. The van der Waals surface area contributed by atoms with Crippen molar-refractivity contribution in [2.45, 2.75) is 71.4 Å². The summed E-state index contributed by atoms with van der Waals surface area (Å²) in [4.78, 5) is 31.9. The van der Waals surface area contributed by atoms with Crippen molar-refractivity contribution in [1.29, 1.82) is 0 Å². The molecule has 0 bridgehead atoms. The average molecular weight is 545 g/mol. The number of carbonyl (C=O) groups is 2. The van der Waals surface area contributed by atoms with Crippen LogP contribution in [0.25, 0.3) is 0 Å². The number of unbranched alkanes of at least 4 members (excludes halogenated alkanes) is 3. The molecule has 2 unspecified atom stereocenters. The Morgan fingerprint density at radius 1 is 0.780 bits per heavy atom. The summed E-state index contributed by atoms with van der Waals surface area (Å²) in [6.45, 7) is 6.33. The molecule has 1 aliphatic heterocycles. The van der Waals surface area contributed by atoms with Gasteiger partial charge in [0.05, 0.1) is 6.04 Å². The fourth-order valence-electron chi connectivity index (χ4n) is 5.91. The second-order valence-electron chi connectivity index (χ2n) is 11.2. The predicted octanol–water partition coefficient (Wildman–Crippen LogP) is 8.94. The third-order valence-electron chi connectivity index (χ3n) is 8.16. The molecule has 210 valence electrons. The number of fused-ring (bicyclic) bond motifs is 1. The third kappa shape index (κ3) is 6.27. The van der Waals surface area contributed by atoms with Gasteiger partial charge in [0.2, 0.25) is 0 Å². The predicted molar refractivity (Wildman–Crippen MR) is 169 cm³/mol. The molecular weight excluding hydrogens is 504 g/mol. The first kappa shape index (κ1) is 28.4. The van der Waals surface area contributed by atoms with Crippen molar-refractivity contribution in [3.63, 3.8) is 0 Å². The SMILES string of the molecule is CCCCCCc1ccc(C(=O)N(c2ccccc2)C2CC(C)N(C(=O)c3ccc(C)cc3)c3ccccc32)cc1. The van der Waals surface area contributed by atoms with E-state index in [4.69, 9.17) is 0 Å². The minimum absolute atomic E-state index is 0.0180. The second-order valence-corrected chi connectivity index (χ2v) is 11.2. The topological polar surface area (TPSA) is 40.6 Å². The summed E-state index contributed by atoms with van der Waals surface area (Å²) in [7, 11) is 0. The Balaban J connectivity index is 1.49. The lowest BCUT2D eigenvalue weighted by molar-refractivity contribution is 0.0965. The van der Waals surface area contributed by atoms with Crippen LogP contribution in [0.15, 0.2) is 103 Å². The number of benzene rings is 4. The van der Waals surface area contributed by atoms with Crippen molar-refractivity contribution in [2.24, 2.45) is 0 Å². The molecule has 1 heterocycles. The normalized spacial score (nSPS) is 16.2. The Morgan fingerprint density at radius 3 is 2.15 bits per heavy atom. The summed E-state index contributed by atoms with van der Waals surface area (Å²) >= 11 is 0. The maximum absolute atomic E-state index is 14.3. The first-order valence-corrected chi connectivity index (χ1v) is 14.9. The molecule has 0 saturated carbocycles. The van der Waals surface area contributed by atoms with Crippen LogP contribution in [0.3, 0.4) is 0 Å². The Morgan fingerprint density at radius 2 is 1.44 bits per heavy atom. The van der Waals surface area contributed by atoms with Crippen LogP contribution < -0.4 is 9.80 Å². The van der Waals surface area contributed by atoms with E-state index in [-0.39, 0.29) is 23.9 Å². The van der Waals surface area contributed by atoms with Gasteiger partial charge in [-0.25, -0.2) is 0 Å². The van der Waals surface area contributed by atoms with Crippen molar-refractivity contribution >= 4 is 23.2 Å². The van der Waals surface area contributed by atoms with Crippen LogP contribution in [-0.2, 0) is 6.42 Å². The third-order valence-corrected chi connectivity index (χ3v) is 8.16. The minimum Gasteiger partial charge on any atom is -0.305 e. The molecule has 0 spiro atoms. The van der Waals surface area contributed by atoms with E-state index in [9.17, 15) is 9.59 Å². The van der Waals surface area contributed by atoms with Gasteiger partial charge in [-0.1, -0.05) is 92.4 Å². The Labute approximate surface area is 244 Å². The molecule has 0 radical (unpaired) electrons. The number of hydrogen-bond donors (Lipinski definition) is 0. The molecule has 5 rings (SSSR count). The lowest BCUT2D eigenvalue weighted by Gasteiger charge is -2.43. The van der Waals surface area contributed by atoms with Gasteiger partial charge < -0.3 is 9.80 Å². The van der Waals surface area contributed by atoms with Gasteiger partial charge in [0.25, 0.3) is 11.8 Å². The number of nitrogens with zero attached hydrogens (tertiary/aromatic N) is 2. The van der Waals surface area contributed by atoms with Gasteiger partial charge in [-0.2, -0.15) is 0 Å². The molecule has 0 saturated heterocycles. The number of hydrogen-bond acceptors (Lipinski definition) is 2. The quantitative estimate of drug-likeness (QED) is 0.197. The Bertz CT molecular complexity index is 1460. The van der Waals surface area contributed by atoms with E-state index < -0.39 is 0 Å². The van der Waals surface area contributed by atoms with Crippen LogP contribution in [0, 0.1) is 6.92 Å². The zero-order valence-corrected chi connectivity index (χ0v) is 24.4. The molecule has 4 aromatic rings. The van der Waals surface area contributed by atoms with E-state index in [0.717, 1.165) is 28.9 Å². The largest absolute Gasteiger partial charge is 0.305 e. The highest BCUT2D eigenvalue weighted by molar-refractivity contribution is 6.09. The first-order chi connectivity index (χ1) is 20.0. The Kier molecular flexibility index (Phi) is 8.98. The molecule has 0 aliphatic carbocycles. The maximum Gasteiger partial charge on any atom is 0.258 e. The summed E-state index contributed by atoms with van der Waals surface area (Å²) in [5, 5.41) is 0. The summed E-state index contributed by atoms with van der Waals surface area (Å²) < 4.78 is 0. The highest BCUT2D eigenvalue weighted by Gasteiger charge is 2.39. The molecule has 2 amide bonds. The van der Waals surface area contributed by atoms with Crippen molar-refractivity contribution in [3.05, 3.63) is 131 Å². The van der Waals surface area contributed by atoms with Crippen molar-refractivity contribution in [2.75, 3.05) is 9.80 Å². The average Bonchev–Trinajstić information content (AvgIpc) is 3.00. The molecule has 0 aromatic heterocycles. The summed E-state index contributed by atoms with van der Waals surface area (Å²) in [6, 6.07) is 33.5. The molecule has 1 aliphatic rings. The fraction of sp³-hybridized carbons (Fsp3) is 0.297. The van der Waals surface area contributed by atoms with Crippen LogP contribution >= 0.6 is 0 Å². The zero-order valence-electron chi connectivity index (χ0n) is 24.4. The summed E-state index contributed by atoms with van der Waals surface area (Å²) in [6.07, 6.45) is 6.56. The van der Waals surface area contributed by atoms with Crippen LogP contribution in [0.1, 0.15) is 89.4 Å². The monoisotopic (exact) mass is 544 g/mol. The lowest BCUT2D eigenvalue weighted by atomic mass is 9.89. The van der Waals surface area contributed by atoms with Crippen LogP contribution in [0.2, 0.25) is 0 Å². The minimum atomic E-state index is -0.216. The van der Waals surface area contributed by atoms with Gasteiger partial charge in [-0.3, -0.25) is 9.59 Å². The van der Waals surface area contributed by atoms with E-state index in [1.54, 1.807) is 0 Å². The second kappa shape index (κ2) is 13.0. The summed E-state index contributed by atoms with van der Waals surface area (Å²) in [5.74, 6) is -0.0467. The Hall–Kier alpha value is -4.18. The van der Waals surface area contributed by atoms with Gasteiger partial charge in [-0.15, -0.1) is 0 Å². The highest BCUT2D eigenvalue weighted by Crippen LogP contribution is 2.43. The maximum atomic E-state index is 14.3. The number of aryl methyl sites for hydroxylation is 2. The van der Waals surface area contributed by atoms with E-state index in [2.05, 4.69) is 32.0 Å². The van der Waals surface area contributed by atoms with E-state index >= 15 is 0 Å². The van der Waals surface area contributed by atoms with Crippen molar-refractivity contribution < 1.29 is 9.59 Å². The molecule has 4 heteroatoms. The highest BCUT2D eigenvalue weighted by atomic mass is 16.2.